The fraction of sp³-hybridized carbons (Fsp3) is 0.500. The molecule has 1 aromatic rings. The molecule has 1 fully saturated rings. The minimum absolute atomic E-state index is 0.357. The smallest absolute Gasteiger partial charge is 0.101 e. The molecule has 1 heterocycles. The summed E-state index contributed by atoms with van der Waals surface area (Å²) in [5, 5.41) is 9.14. The summed E-state index contributed by atoms with van der Waals surface area (Å²) in [6.07, 6.45) is 1.16. The standard InChI is InChI=1S/C14H18N2S/c1-14(2)7-8-16(9-10-17-14)13-6-4-3-5-12(13)11-15/h3-6H,7-10H2,1-2H3. The maximum atomic E-state index is 9.14. The van der Waals surface area contributed by atoms with E-state index >= 15 is 0 Å². The molecule has 17 heavy (non-hydrogen) atoms. The van der Waals surface area contributed by atoms with Gasteiger partial charge in [-0.05, 0) is 18.6 Å². The van der Waals surface area contributed by atoms with E-state index in [9.17, 15) is 0 Å². The van der Waals surface area contributed by atoms with Crippen molar-refractivity contribution in [3.63, 3.8) is 0 Å². The van der Waals surface area contributed by atoms with Gasteiger partial charge in [0, 0.05) is 23.6 Å². The lowest BCUT2D eigenvalue weighted by Gasteiger charge is -2.24. The average Bonchev–Trinajstić information content (AvgIpc) is 2.50. The van der Waals surface area contributed by atoms with Gasteiger partial charge in [0.25, 0.3) is 0 Å². The first kappa shape index (κ1) is 12.3. The van der Waals surface area contributed by atoms with Gasteiger partial charge in [-0.2, -0.15) is 17.0 Å². The van der Waals surface area contributed by atoms with Gasteiger partial charge in [0.1, 0.15) is 6.07 Å². The number of anilines is 1. The van der Waals surface area contributed by atoms with E-state index in [1.807, 2.05) is 30.0 Å². The molecule has 0 unspecified atom stereocenters. The van der Waals surface area contributed by atoms with Crippen LogP contribution in [0, 0.1) is 11.3 Å². The van der Waals surface area contributed by atoms with Crippen molar-refractivity contribution < 1.29 is 0 Å². The van der Waals surface area contributed by atoms with Crippen LogP contribution in [0.1, 0.15) is 25.8 Å². The quantitative estimate of drug-likeness (QED) is 0.761. The maximum absolute atomic E-state index is 9.14. The highest BCUT2D eigenvalue weighted by atomic mass is 32.2. The van der Waals surface area contributed by atoms with Crippen molar-refractivity contribution >= 4 is 17.4 Å². The molecule has 1 aliphatic heterocycles. The van der Waals surface area contributed by atoms with Crippen molar-refractivity contribution in [1.29, 1.82) is 5.26 Å². The van der Waals surface area contributed by atoms with Crippen LogP contribution in [-0.2, 0) is 0 Å². The van der Waals surface area contributed by atoms with Crippen molar-refractivity contribution in [3.05, 3.63) is 29.8 Å². The van der Waals surface area contributed by atoms with E-state index in [-0.39, 0.29) is 0 Å². The van der Waals surface area contributed by atoms with Gasteiger partial charge in [-0.15, -0.1) is 0 Å². The molecule has 90 valence electrons. The lowest BCUT2D eigenvalue weighted by molar-refractivity contribution is 0.637. The van der Waals surface area contributed by atoms with Gasteiger partial charge >= 0.3 is 0 Å². The molecular formula is C14H18N2S. The highest BCUT2D eigenvalue weighted by Crippen LogP contribution is 2.32. The Morgan fingerprint density at radius 1 is 1.29 bits per heavy atom. The second-order valence-electron chi connectivity index (χ2n) is 4.97. The molecule has 0 saturated carbocycles. The molecule has 0 atom stereocenters. The number of nitriles is 1. The highest BCUT2D eigenvalue weighted by Gasteiger charge is 2.24. The Morgan fingerprint density at radius 2 is 2.06 bits per heavy atom. The molecule has 1 aliphatic rings. The zero-order chi connectivity index (χ0) is 12.3. The third-order valence-electron chi connectivity index (χ3n) is 3.20. The summed E-state index contributed by atoms with van der Waals surface area (Å²) in [6.45, 7) is 6.68. The summed E-state index contributed by atoms with van der Waals surface area (Å²) in [5.74, 6) is 1.13. The zero-order valence-corrected chi connectivity index (χ0v) is 11.3. The Kier molecular flexibility index (Phi) is 3.63. The fourth-order valence-electron chi connectivity index (χ4n) is 2.11. The molecule has 3 heteroatoms. The van der Waals surface area contributed by atoms with E-state index in [1.165, 1.54) is 0 Å². The minimum atomic E-state index is 0.357. The molecule has 0 amide bonds. The van der Waals surface area contributed by atoms with Crippen LogP contribution in [0.15, 0.2) is 24.3 Å². The average molecular weight is 246 g/mol. The van der Waals surface area contributed by atoms with E-state index < -0.39 is 0 Å². The van der Waals surface area contributed by atoms with Crippen molar-refractivity contribution in [2.24, 2.45) is 0 Å². The Hall–Kier alpha value is -1.14. The van der Waals surface area contributed by atoms with Crippen molar-refractivity contribution in [2.45, 2.75) is 25.0 Å². The fourth-order valence-corrected chi connectivity index (χ4v) is 3.21. The third-order valence-corrected chi connectivity index (χ3v) is 4.58. The number of thioether (sulfide) groups is 1. The molecule has 1 aromatic carbocycles. The molecule has 0 radical (unpaired) electrons. The number of rotatable bonds is 1. The summed E-state index contributed by atoms with van der Waals surface area (Å²) in [6, 6.07) is 10.2. The number of hydrogen-bond acceptors (Lipinski definition) is 3. The normalized spacial score (nSPS) is 19.5. The van der Waals surface area contributed by atoms with E-state index in [0.717, 1.165) is 36.5 Å². The topological polar surface area (TPSA) is 27.0 Å². The molecule has 0 N–H and O–H groups in total. The Morgan fingerprint density at radius 3 is 2.82 bits per heavy atom. The summed E-state index contributed by atoms with van der Waals surface area (Å²) >= 11 is 2.03. The maximum Gasteiger partial charge on any atom is 0.101 e. The van der Waals surface area contributed by atoms with Crippen molar-refractivity contribution in [2.75, 3.05) is 23.7 Å². The predicted octanol–water partition coefficient (Wildman–Crippen LogP) is 3.28. The lowest BCUT2D eigenvalue weighted by Crippen LogP contribution is -2.27. The summed E-state index contributed by atoms with van der Waals surface area (Å²) in [7, 11) is 0. The molecule has 0 aliphatic carbocycles. The monoisotopic (exact) mass is 246 g/mol. The summed E-state index contributed by atoms with van der Waals surface area (Å²) in [5.41, 5.74) is 1.88. The summed E-state index contributed by atoms with van der Waals surface area (Å²) in [4.78, 5) is 2.35. The van der Waals surface area contributed by atoms with Crippen LogP contribution in [0.4, 0.5) is 5.69 Å². The zero-order valence-electron chi connectivity index (χ0n) is 10.4. The van der Waals surface area contributed by atoms with Crippen molar-refractivity contribution in [1.82, 2.24) is 0 Å². The van der Waals surface area contributed by atoms with Crippen LogP contribution in [0.2, 0.25) is 0 Å². The molecule has 2 rings (SSSR count). The number of para-hydroxylation sites is 1. The van der Waals surface area contributed by atoms with Crippen LogP contribution in [0.25, 0.3) is 0 Å². The first-order chi connectivity index (χ1) is 8.12. The summed E-state index contributed by atoms with van der Waals surface area (Å²) < 4.78 is 0.357. The molecular weight excluding hydrogens is 228 g/mol. The first-order valence-electron chi connectivity index (χ1n) is 6.00. The third kappa shape index (κ3) is 2.95. The SMILES string of the molecule is CC1(C)CCN(c2ccccc2C#N)CCS1. The molecule has 0 bridgehead atoms. The molecule has 0 aromatic heterocycles. The Balaban J connectivity index is 2.20. The largest absolute Gasteiger partial charge is 0.370 e. The van der Waals surface area contributed by atoms with Gasteiger partial charge in [0.2, 0.25) is 0 Å². The lowest BCUT2D eigenvalue weighted by atomic mass is 10.1. The Labute approximate surface area is 108 Å². The number of benzene rings is 1. The van der Waals surface area contributed by atoms with Crippen LogP contribution in [0.3, 0.4) is 0 Å². The molecule has 2 nitrogen and oxygen atoms in total. The number of hydrogen-bond donors (Lipinski definition) is 0. The van der Waals surface area contributed by atoms with Gasteiger partial charge in [-0.25, -0.2) is 0 Å². The van der Waals surface area contributed by atoms with E-state index in [1.54, 1.807) is 0 Å². The van der Waals surface area contributed by atoms with Gasteiger partial charge < -0.3 is 4.90 Å². The minimum Gasteiger partial charge on any atom is -0.370 e. The van der Waals surface area contributed by atoms with E-state index in [4.69, 9.17) is 5.26 Å². The van der Waals surface area contributed by atoms with Crippen LogP contribution >= 0.6 is 11.8 Å². The second kappa shape index (κ2) is 5.01. The van der Waals surface area contributed by atoms with Crippen molar-refractivity contribution in [3.8, 4) is 6.07 Å². The molecule has 1 saturated heterocycles. The van der Waals surface area contributed by atoms with Gasteiger partial charge in [0.15, 0.2) is 0 Å². The van der Waals surface area contributed by atoms with Crippen LogP contribution < -0.4 is 4.90 Å². The predicted molar refractivity (Wildman–Crippen MR) is 74.5 cm³/mol. The number of nitrogens with zero attached hydrogens (tertiary/aromatic N) is 2. The molecule has 0 spiro atoms. The van der Waals surface area contributed by atoms with Crippen LogP contribution in [0.5, 0.6) is 0 Å². The Bertz CT molecular complexity index is 434. The van der Waals surface area contributed by atoms with Gasteiger partial charge in [-0.1, -0.05) is 26.0 Å². The van der Waals surface area contributed by atoms with Crippen LogP contribution in [-0.4, -0.2) is 23.6 Å². The van der Waals surface area contributed by atoms with Gasteiger partial charge in [-0.3, -0.25) is 0 Å². The highest BCUT2D eigenvalue weighted by molar-refractivity contribution is 8.00. The van der Waals surface area contributed by atoms with E-state index in [2.05, 4.69) is 30.9 Å². The first-order valence-corrected chi connectivity index (χ1v) is 6.99. The second-order valence-corrected chi connectivity index (χ2v) is 6.78. The van der Waals surface area contributed by atoms with Gasteiger partial charge in [0.05, 0.1) is 11.3 Å². The van der Waals surface area contributed by atoms with E-state index in [0.29, 0.717) is 4.75 Å².